The fourth-order valence-electron chi connectivity index (χ4n) is 4.85. The molecule has 0 spiro atoms. The minimum absolute atomic E-state index is 0.100. The van der Waals surface area contributed by atoms with Crippen molar-refractivity contribution >= 4 is 5.97 Å². The van der Waals surface area contributed by atoms with Crippen LogP contribution in [-0.2, 0) is 24.1 Å². The summed E-state index contributed by atoms with van der Waals surface area (Å²) >= 11 is 0. The second-order valence-corrected chi connectivity index (χ2v) is 8.46. The number of hydrogen-bond acceptors (Lipinski definition) is 3. The van der Waals surface area contributed by atoms with Gasteiger partial charge in [0.15, 0.2) is 0 Å². The highest BCUT2D eigenvalue weighted by atomic mass is 19.4. The minimum Gasteiger partial charge on any atom is -0.489 e. The van der Waals surface area contributed by atoms with Crippen LogP contribution in [0.4, 0.5) is 17.6 Å². The van der Waals surface area contributed by atoms with Crippen molar-refractivity contribution in [2.24, 2.45) is 11.3 Å². The molecule has 1 N–H and O–H groups in total. The number of carbonyl (C=O) groups is 1. The maximum Gasteiger partial charge on any atom is 0.416 e. The largest absolute Gasteiger partial charge is 0.489 e. The van der Waals surface area contributed by atoms with Crippen molar-refractivity contribution in [1.82, 2.24) is 4.90 Å². The van der Waals surface area contributed by atoms with Gasteiger partial charge in [-0.1, -0.05) is 24.6 Å². The number of benzene rings is 2. The second kappa shape index (κ2) is 8.15. The number of carboxylic acid groups (broad SMARTS) is 1. The number of alkyl halides is 3. The molecule has 1 aliphatic heterocycles. The molecule has 4 nitrogen and oxygen atoms in total. The van der Waals surface area contributed by atoms with E-state index in [1.165, 1.54) is 18.2 Å². The molecule has 0 aromatic heterocycles. The van der Waals surface area contributed by atoms with Crippen LogP contribution in [0.2, 0.25) is 0 Å². The Balaban J connectivity index is 1.39. The summed E-state index contributed by atoms with van der Waals surface area (Å²) in [5.74, 6) is -0.929. The van der Waals surface area contributed by atoms with E-state index in [0.717, 1.165) is 25.0 Å². The molecule has 1 saturated heterocycles. The molecule has 1 aliphatic carbocycles. The smallest absolute Gasteiger partial charge is 0.416 e. The van der Waals surface area contributed by atoms with Crippen molar-refractivity contribution in [3.05, 3.63) is 65.0 Å². The van der Waals surface area contributed by atoms with Crippen molar-refractivity contribution in [3.8, 4) is 5.75 Å². The zero-order valence-electron chi connectivity index (χ0n) is 16.8. The Morgan fingerprint density at radius 3 is 2.71 bits per heavy atom. The fraction of sp³-hybridized carbons (Fsp3) is 0.435. The summed E-state index contributed by atoms with van der Waals surface area (Å²) in [4.78, 5) is 13.8. The Labute approximate surface area is 177 Å². The standard InChI is InChI=1S/C23H23F4NO3/c24-20-10-19(31-13-15-3-1-4-17(9-15)23(25,26)27)7-6-16(20)11-28-12-18-5-2-8-22(18,14-28)21(29)30/h1,3-4,6-7,9-10,18H,2,5,8,11-14H2,(H,29,30). The fourth-order valence-corrected chi connectivity index (χ4v) is 4.85. The van der Waals surface area contributed by atoms with E-state index in [1.807, 2.05) is 4.90 Å². The quantitative estimate of drug-likeness (QED) is 0.638. The number of ether oxygens (including phenoxy) is 1. The lowest BCUT2D eigenvalue weighted by atomic mass is 9.81. The molecule has 1 saturated carbocycles. The van der Waals surface area contributed by atoms with Crippen LogP contribution in [0.1, 0.15) is 36.0 Å². The average Bonchev–Trinajstić information content (AvgIpc) is 3.26. The first kappa shape index (κ1) is 21.6. The van der Waals surface area contributed by atoms with Crippen LogP contribution >= 0.6 is 0 Å². The maximum absolute atomic E-state index is 14.6. The lowest BCUT2D eigenvalue weighted by molar-refractivity contribution is -0.149. The Morgan fingerprint density at radius 2 is 2.03 bits per heavy atom. The molecule has 4 rings (SSSR count). The third-order valence-corrected chi connectivity index (χ3v) is 6.45. The van der Waals surface area contributed by atoms with Gasteiger partial charge in [0.2, 0.25) is 0 Å². The van der Waals surface area contributed by atoms with E-state index >= 15 is 0 Å². The molecule has 8 heteroatoms. The first-order valence-corrected chi connectivity index (χ1v) is 10.2. The molecular weight excluding hydrogens is 414 g/mol. The van der Waals surface area contributed by atoms with Crippen molar-refractivity contribution < 1.29 is 32.2 Å². The lowest BCUT2D eigenvalue weighted by Gasteiger charge is -2.23. The van der Waals surface area contributed by atoms with Gasteiger partial charge in [0.1, 0.15) is 18.2 Å². The summed E-state index contributed by atoms with van der Waals surface area (Å²) in [5.41, 5.74) is -0.705. The SMILES string of the molecule is O=C(O)C12CCCC1CN(Cc1ccc(OCc3cccc(C(F)(F)F)c3)cc1F)C2. The van der Waals surface area contributed by atoms with Gasteiger partial charge in [-0.25, -0.2) is 4.39 Å². The molecule has 2 aromatic carbocycles. The summed E-state index contributed by atoms with van der Waals surface area (Å²) < 4.78 is 58.5. The highest BCUT2D eigenvalue weighted by Crippen LogP contribution is 2.49. The Kier molecular flexibility index (Phi) is 5.68. The summed E-state index contributed by atoms with van der Waals surface area (Å²) in [6, 6.07) is 9.19. The highest BCUT2D eigenvalue weighted by molar-refractivity contribution is 5.76. The number of hydrogen-bond donors (Lipinski definition) is 1. The van der Waals surface area contributed by atoms with Crippen LogP contribution in [0.25, 0.3) is 0 Å². The van der Waals surface area contributed by atoms with Crippen LogP contribution in [0.3, 0.4) is 0 Å². The van der Waals surface area contributed by atoms with Gasteiger partial charge < -0.3 is 9.84 Å². The monoisotopic (exact) mass is 437 g/mol. The average molecular weight is 437 g/mol. The van der Waals surface area contributed by atoms with Crippen LogP contribution < -0.4 is 4.74 Å². The zero-order chi connectivity index (χ0) is 22.2. The van der Waals surface area contributed by atoms with Crippen LogP contribution in [0.5, 0.6) is 5.75 Å². The highest BCUT2D eigenvalue weighted by Gasteiger charge is 2.54. The first-order valence-electron chi connectivity index (χ1n) is 10.2. The van der Waals surface area contributed by atoms with E-state index in [0.29, 0.717) is 37.2 Å². The molecule has 2 aromatic rings. The Bertz CT molecular complexity index is 978. The number of aliphatic carboxylic acids is 1. The molecule has 2 atom stereocenters. The molecule has 0 bridgehead atoms. The summed E-state index contributed by atoms with van der Waals surface area (Å²) in [6.45, 7) is 1.25. The third kappa shape index (κ3) is 4.39. The van der Waals surface area contributed by atoms with Crippen LogP contribution in [0.15, 0.2) is 42.5 Å². The van der Waals surface area contributed by atoms with Gasteiger partial charge in [-0.2, -0.15) is 13.2 Å². The molecule has 2 unspecified atom stereocenters. The van der Waals surface area contributed by atoms with E-state index in [1.54, 1.807) is 12.1 Å². The summed E-state index contributed by atoms with van der Waals surface area (Å²) in [5, 5.41) is 9.68. The topological polar surface area (TPSA) is 49.8 Å². The molecule has 0 radical (unpaired) electrons. The van der Waals surface area contributed by atoms with Crippen molar-refractivity contribution in [1.29, 1.82) is 0 Å². The molecule has 2 fully saturated rings. The number of fused-ring (bicyclic) bond motifs is 1. The molecule has 2 aliphatic rings. The van der Waals surface area contributed by atoms with Gasteiger partial charge in [-0.3, -0.25) is 9.69 Å². The number of nitrogens with zero attached hydrogens (tertiary/aromatic N) is 1. The van der Waals surface area contributed by atoms with E-state index in [-0.39, 0.29) is 18.3 Å². The summed E-state index contributed by atoms with van der Waals surface area (Å²) in [7, 11) is 0. The van der Waals surface area contributed by atoms with Gasteiger partial charge in [-0.05, 0) is 42.5 Å². The Hall–Kier alpha value is -2.61. The van der Waals surface area contributed by atoms with Crippen molar-refractivity contribution in [2.75, 3.05) is 13.1 Å². The normalized spacial score (nSPS) is 23.7. The maximum atomic E-state index is 14.6. The van der Waals surface area contributed by atoms with Gasteiger partial charge in [0.05, 0.1) is 11.0 Å². The van der Waals surface area contributed by atoms with E-state index in [4.69, 9.17) is 4.74 Å². The van der Waals surface area contributed by atoms with E-state index in [9.17, 15) is 27.5 Å². The summed E-state index contributed by atoms with van der Waals surface area (Å²) in [6.07, 6.45) is -1.98. The number of carboxylic acids is 1. The predicted octanol–water partition coefficient (Wildman–Crippen LogP) is 5.11. The minimum atomic E-state index is -4.43. The molecular formula is C23H23F4NO3. The van der Waals surface area contributed by atoms with Gasteiger partial charge in [-0.15, -0.1) is 0 Å². The molecule has 166 valence electrons. The van der Waals surface area contributed by atoms with Crippen molar-refractivity contribution in [2.45, 2.75) is 38.6 Å². The van der Waals surface area contributed by atoms with E-state index in [2.05, 4.69) is 0 Å². The third-order valence-electron chi connectivity index (χ3n) is 6.45. The van der Waals surface area contributed by atoms with Crippen molar-refractivity contribution in [3.63, 3.8) is 0 Å². The van der Waals surface area contributed by atoms with Crippen LogP contribution in [-0.4, -0.2) is 29.1 Å². The second-order valence-electron chi connectivity index (χ2n) is 8.46. The van der Waals surface area contributed by atoms with E-state index < -0.39 is 28.9 Å². The number of rotatable bonds is 6. The first-order chi connectivity index (χ1) is 14.7. The molecule has 1 heterocycles. The predicted molar refractivity (Wildman–Crippen MR) is 105 cm³/mol. The van der Waals surface area contributed by atoms with Crippen LogP contribution in [0, 0.1) is 17.2 Å². The lowest BCUT2D eigenvalue weighted by Crippen LogP contribution is -2.35. The molecule has 0 amide bonds. The van der Waals surface area contributed by atoms with Gasteiger partial charge in [0.25, 0.3) is 0 Å². The zero-order valence-corrected chi connectivity index (χ0v) is 16.8. The Morgan fingerprint density at radius 1 is 1.23 bits per heavy atom. The number of likely N-dealkylation sites (tertiary alicyclic amines) is 1. The number of halogens is 4. The van der Waals surface area contributed by atoms with Gasteiger partial charge >= 0.3 is 12.1 Å². The molecule has 31 heavy (non-hydrogen) atoms. The van der Waals surface area contributed by atoms with Gasteiger partial charge in [0, 0.05) is 31.3 Å².